The molecule has 3 rings (SSSR count). The summed E-state index contributed by atoms with van der Waals surface area (Å²) >= 11 is 0. The zero-order valence-corrected chi connectivity index (χ0v) is 11.9. The molecule has 0 saturated heterocycles. The van der Waals surface area contributed by atoms with Gasteiger partial charge in [-0.2, -0.15) is 0 Å². The first kappa shape index (κ1) is 12.8. The SMILES string of the molecule is CS(=O)(=O)c1ccc2c(c1)NCC1(CCCCC1)O2. The average Bonchev–Trinajstić information content (AvgIpc) is 2.38. The molecule has 1 fully saturated rings. The van der Waals surface area contributed by atoms with E-state index in [2.05, 4.69) is 5.32 Å². The fraction of sp³-hybridized carbons (Fsp3) is 0.571. The molecule has 19 heavy (non-hydrogen) atoms. The van der Waals surface area contributed by atoms with Crippen molar-refractivity contribution < 1.29 is 13.2 Å². The van der Waals surface area contributed by atoms with E-state index in [9.17, 15) is 8.42 Å². The Morgan fingerprint density at radius 2 is 1.95 bits per heavy atom. The van der Waals surface area contributed by atoms with Gasteiger partial charge in [-0.25, -0.2) is 8.42 Å². The van der Waals surface area contributed by atoms with E-state index < -0.39 is 9.84 Å². The molecule has 0 unspecified atom stereocenters. The lowest BCUT2D eigenvalue weighted by Gasteiger charge is -2.41. The van der Waals surface area contributed by atoms with Crippen molar-refractivity contribution in [2.24, 2.45) is 0 Å². The van der Waals surface area contributed by atoms with Crippen molar-refractivity contribution in [2.45, 2.75) is 42.6 Å². The number of anilines is 1. The van der Waals surface area contributed by atoms with E-state index in [4.69, 9.17) is 4.74 Å². The summed E-state index contributed by atoms with van der Waals surface area (Å²) in [4.78, 5) is 0.335. The van der Waals surface area contributed by atoms with Crippen molar-refractivity contribution in [2.75, 3.05) is 18.1 Å². The van der Waals surface area contributed by atoms with Crippen LogP contribution in [0.4, 0.5) is 5.69 Å². The molecule has 0 bridgehead atoms. The second-order valence-electron chi connectivity index (χ2n) is 5.63. The summed E-state index contributed by atoms with van der Waals surface area (Å²) in [6.45, 7) is 0.771. The maximum atomic E-state index is 11.5. The Labute approximate surface area is 114 Å². The minimum absolute atomic E-state index is 0.0855. The Kier molecular flexibility index (Phi) is 2.96. The number of fused-ring (bicyclic) bond motifs is 1. The van der Waals surface area contributed by atoms with Crippen LogP contribution in [0.2, 0.25) is 0 Å². The summed E-state index contributed by atoms with van der Waals surface area (Å²) in [6, 6.07) is 5.06. The predicted molar refractivity (Wildman–Crippen MR) is 74.5 cm³/mol. The first-order valence-electron chi connectivity index (χ1n) is 6.76. The molecule has 1 heterocycles. The summed E-state index contributed by atoms with van der Waals surface area (Å²) in [5.41, 5.74) is 0.705. The zero-order chi connectivity index (χ0) is 13.5. The van der Waals surface area contributed by atoms with E-state index in [1.54, 1.807) is 18.2 Å². The van der Waals surface area contributed by atoms with Crippen LogP contribution in [0, 0.1) is 0 Å². The van der Waals surface area contributed by atoms with Gasteiger partial charge in [0.2, 0.25) is 0 Å². The van der Waals surface area contributed by atoms with E-state index in [0.29, 0.717) is 4.90 Å². The molecular formula is C14H19NO3S. The van der Waals surface area contributed by atoms with Crippen LogP contribution >= 0.6 is 0 Å². The van der Waals surface area contributed by atoms with Gasteiger partial charge in [0.1, 0.15) is 11.4 Å². The Morgan fingerprint density at radius 1 is 1.21 bits per heavy atom. The molecule has 1 saturated carbocycles. The number of hydrogen-bond donors (Lipinski definition) is 1. The van der Waals surface area contributed by atoms with E-state index in [0.717, 1.165) is 30.8 Å². The van der Waals surface area contributed by atoms with Gasteiger partial charge in [-0.15, -0.1) is 0 Å². The number of ether oxygens (including phenoxy) is 1. The van der Waals surface area contributed by atoms with Gasteiger partial charge in [0, 0.05) is 6.26 Å². The molecule has 1 N–H and O–H groups in total. The number of benzene rings is 1. The molecule has 0 amide bonds. The highest BCUT2D eigenvalue weighted by Crippen LogP contribution is 2.40. The van der Waals surface area contributed by atoms with Crippen LogP contribution in [0.15, 0.2) is 23.1 Å². The summed E-state index contributed by atoms with van der Waals surface area (Å²) in [6.07, 6.45) is 7.07. The fourth-order valence-electron chi connectivity index (χ4n) is 2.97. The largest absolute Gasteiger partial charge is 0.483 e. The molecule has 1 aromatic rings. The molecule has 1 spiro atoms. The van der Waals surface area contributed by atoms with Crippen LogP contribution in [0.1, 0.15) is 32.1 Å². The number of nitrogens with one attached hydrogen (secondary N) is 1. The van der Waals surface area contributed by atoms with Crippen molar-refractivity contribution in [3.8, 4) is 5.75 Å². The first-order valence-corrected chi connectivity index (χ1v) is 8.65. The molecule has 1 aliphatic heterocycles. The highest BCUT2D eigenvalue weighted by Gasteiger charge is 2.37. The smallest absolute Gasteiger partial charge is 0.175 e. The minimum Gasteiger partial charge on any atom is -0.483 e. The second kappa shape index (κ2) is 4.40. The monoisotopic (exact) mass is 281 g/mol. The zero-order valence-electron chi connectivity index (χ0n) is 11.1. The van der Waals surface area contributed by atoms with Gasteiger partial charge < -0.3 is 10.1 Å². The van der Waals surface area contributed by atoms with Gasteiger partial charge >= 0.3 is 0 Å². The minimum atomic E-state index is -3.17. The van der Waals surface area contributed by atoms with Crippen molar-refractivity contribution in [3.63, 3.8) is 0 Å². The lowest BCUT2D eigenvalue weighted by molar-refractivity contribution is 0.0369. The molecule has 2 aliphatic rings. The molecule has 1 aromatic carbocycles. The number of hydrogen-bond acceptors (Lipinski definition) is 4. The van der Waals surface area contributed by atoms with Crippen LogP contribution in [-0.2, 0) is 9.84 Å². The van der Waals surface area contributed by atoms with Crippen LogP contribution in [0.5, 0.6) is 5.75 Å². The van der Waals surface area contributed by atoms with E-state index in [-0.39, 0.29) is 5.60 Å². The highest BCUT2D eigenvalue weighted by atomic mass is 32.2. The molecule has 5 heteroatoms. The van der Waals surface area contributed by atoms with Crippen molar-refractivity contribution >= 4 is 15.5 Å². The van der Waals surface area contributed by atoms with Crippen LogP contribution < -0.4 is 10.1 Å². The Balaban J connectivity index is 1.90. The van der Waals surface area contributed by atoms with E-state index >= 15 is 0 Å². The molecule has 0 aromatic heterocycles. The average molecular weight is 281 g/mol. The van der Waals surface area contributed by atoms with Gasteiger partial charge in [-0.05, 0) is 43.9 Å². The third kappa shape index (κ3) is 2.43. The summed E-state index contributed by atoms with van der Waals surface area (Å²) in [7, 11) is -3.17. The van der Waals surface area contributed by atoms with Gasteiger partial charge in [0.25, 0.3) is 0 Å². The quantitative estimate of drug-likeness (QED) is 0.859. The van der Waals surface area contributed by atoms with E-state index in [1.807, 2.05) is 0 Å². The third-order valence-electron chi connectivity index (χ3n) is 4.07. The standard InChI is InChI=1S/C14H19NO3S/c1-19(16,17)11-5-6-13-12(9-11)15-10-14(18-13)7-3-2-4-8-14/h5-6,9,15H,2-4,7-8,10H2,1H3. The van der Waals surface area contributed by atoms with Crippen molar-refractivity contribution in [1.29, 1.82) is 0 Å². The normalized spacial score (nSPS) is 21.3. The van der Waals surface area contributed by atoms with Gasteiger partial charge in [-0.3, -0.25) is 0 Å². The Bertz CT molecular complexity index is 589. The second-order valence-corrected chi connectivity index (χ2v) is 7.65. The molecule has 0 atom stereocenters. The van der Waals surface area contributed by atoms with Crippen molar-refractivity contribution in [1.82, 2.24) is 0 Å². The van der Waals surface area contributed by atoms with Crippen LogP contribution in [0.3, 0.4) is 0 Å². The Morgan fingerprint density at radius 3 is 2.63 bits per heavy atom. The summed E-state index contributed by atoms with van der Waals surface area (Å²) < 4.78 is 29.3. The van der Waals surface area contributed by atoms with E-state index in [1.165, 1.54) is 25.5 Å². The summed E-state index contributed by atoms with van der Waals surface area (Å²) in [5, 5.41) is 3.35. The maximum absolute atomic E-state index is 11.5. The van der Waals surface area contributed by atoms with Crippen LogP contribution in [-0.4, -0.2) is 26.8 Å². The topological polar surface area (TPSA) is 55.4 Å². The van der Waals surface area contributed by atoms with Gasteiger partial charge in [-0.1, -0.05) is 6.42 Å². The van der Waals surface area contributed by atoms with Gasteiger partial charge in [0.05, 0.1) is 17.1 Å². The molecular weight excluding hydrogens is 262 g/mol. The third-order valence-corrected chi connectivity index (χ3v) is 5.18. The molecule has 0 radical (unpaired) electrons. The fourth-order valence-corrected chi connectivity index (χ4v) is 3.61. The molecule has 1 aliphatic carbocycles. The number of sulfone groups is 1. The lowest BCUT2D eigenvalue weighted by atomic mass is 9.83. The first-order chi connectivity index (χ1) is 8.99. The lowest BCUT2D eigenvalue weighted by Crippen LogP contribution is -2.47. The Hall–Kier alpha value is -1.23. The van der Waals surface area contributed by atoms with Crippen molar-refractivity contribution in [3.05, 3.63) is 18.2 Å². The highest BCUT2D eigenvalue weighted by molar-refractivity contribution is 7.90. The predicted octanol–water partition coefficient (Wildman–Crippen LogP) is 2.60. The number of rotatable bonds is 1. The van der Waals surface area contributed by atoms with Gasteiger partial charge in [0.15, 0.2) is 9.84 Å². The van der Waals surface area contributed by atoms with Crippen LogP contribution in [0.25, 0.3) is 0 Å². The summed E-state index contributed by atoms with van der Waals surface area (Å²) in [5.74, 6) is 0.778. The maximum Gasteiger partial charge on any atom is 0.175 e. The molecule has 104 valence electrons. The molecule has 4 nitrogen and oxygen atoms in total.